The monoisotopic (exact) mass is 259 g/mol. The maximum atomic E-state index is 12.7. The van der Waals surface area contributed by atoms with E-state index in [1.54, 1.807) is 24.3 Å². The molecular formula is C11H15F2N3O2. The third-order valence-electron chi connectivity index (χ3n) is 2.30. The van der Waals surface area contributed by atoms with Crippen molar-refractivity contribution in [1.29, 1.82) is 0 Å². The lowest BCUT2D eigenvalue weighted by Gasteiger charge is -2.13. The molecular weight excluding hydrogens is 244 g/mol. The molecule has 7 heteroatoms. The number of hydrogen-bond donors (Lipinski definition) is 4. The van der Waals surface area contributed by atoms with Crippen molar-refractivity contribution in [3.05, 3.63) is 35.4 Å². The minimum atomic E-state index is -3.12. The number of halogens is 2. The third-order valence-corrected chi connectivity index (χ3v) is 2.30. The van der Waals surface area contributed by atoms with Gasteiger partial charge in [-0.3, -0.25) is 0 Å². The normalized spacial score (nSPS) is 12.7. The van der Waals surface area contributed by atoms with Crippen LogP contribution in [0.5, 0.6) is 0 Å². The van der Waals surface area contributed by atoms with Gasteiger partial charge in [0.1, 0.15) is 6.61 Å². The fraction of sp³-hybridized carbons (Fsp3) is 0.364. The van der Waals surface area contributed by atoms with Crippen LogP contribution in [0.1, 0.15) is 11.1 Å². The van der Waals surface area contributed by atoms with Crippen molar-refractivity contribution >= 4 is 5.84 Å². The predicted molar refractivity (Wildman–Crippen MR) is 62.7 cm³/mol. The fourth-order valence-electron chi connectivity index (χ4n) is 1.30. The van der Waals surface area contributed by atoms with Crippen LogP contribution in [0.4, 0.5) is 8.78 Å². The highest BCUT2D eigenvalue weighted by atomic mass is 19.3. The molecule has 1 rings (SSSR count). The molecule has 0 atom stereocenters. The zero-order valence-corrected chi connectivity index (χ0v) is 9.61. The summed E-state index contributed by atoms with van der Waals surface area (Å²) in [5.41, 5.74) is 6.70. The molecule has 0 saturated carbocycles. The maximum absolute atomic E-state index is 12.7. The summed E-state index contributed by atoms with van der Waals surface area (Å²) in [7, 11) is 0. The number of hydrogen-bond acceptors (Lipinski definition) is 4. The first kappa shape index (κ1) is 14.3. The molecule has 0 heterocycles. The lowest BCUT2D eigenvalue weighted by atomic mass is 10.1. The van der Waals surface area contributed by atoms with E-state index < -0.39 is 19.1 Å². The van der Waals surface area contributed by atoms with E-state index in [1.807, 2.05) is 0 Å². The van der Waals surface area contributed by atoms with E-state index in [-0.39, 0.29) is 12.4 Å². The van der Waals surface area contributed by atoms with Crippen LogP contribution in [0, 0.1) is 0 Å². The highest BCUT2D eigenvalue weighted by Gasteiger charge is 2.26. The van der Waals surface area contributed by atoms with Crippen LogP contribution in [0.15, 0.2) is 29.4 Å². The Morgan fingerprint density at radius 2 is 1.94 bits per heavy atom. The summed E-state index contributed by atoms with van der Waals surface area (Å²) in [5.74, 6) is -3.13. The topological polar surface area (TPSA) is 90.9 Å². The van der Waals surface area contributed by atoms with Crippen LogP contribution in [0.25, 0.3) is 0 Å². The van der Waals surface area contributed by atoms with E-state index in [0.717, 1.165) is 5.56 Å². The van der Waals surface area contributed by atoms with Crippen LogP contribution >= 0.6 is 0 Å². The van der Waals surface area contributed by atoms with Crippen molar-refractivity contribution in [2.45, 2.75) is 12.5 Å². The van der Waals surface area contributed by atoms with Gasteiger partial charge in [0.25, 0.3) is 5.92 Å². The van der Waals surface area contributed by atoms with Crippen LogP contribution in [0.2, 0.25) is 0 Å². The first-order valence-electron chi connectivity index (χ1n) is 5.25. The molecule has 0 aromatic heterocycles. The molecule has 0 fully saturated rings. The van der Waals surface area contributed by atoms with Gasteiger partial charge in [0.2, 0.25) is 0 Å². The van der Waals surface area contributed by atoms with Gasteiger partial charge in [0.15, 0.2) is 5.84 Å². The van der Waals surface area contributed by atoms with Crippen molar-refractivity contribution in [1.82, 2.24) is 5.32 Å². The fourth-order valence-corrected chi connectivity index (χ4v) is 1.30. The Bertz CT molecular complexity index is 407. The standard InChI is InChI=1S/C11H15F2N3O2/c12-11(13,7-17)6-15-5-8-1-3-9(4-2-8)10(14)16-18/h1-4,15,17-18H,5-7H2,(H2,14,16). The van der Waals surface area contributed by atoms with Crippen molar-refractivity contribution < 1.29 is 19.1 Å². The van der Waals surface area contributed by atoms with Gasteiger partial charge in [0.05, 0.1) is 6.54 Å². The molecule has 0 saturated heterocycles. The number of nitrogens with one attached hydrogen (secondary N) is 1. The molecule has 18 heavy (non-hydrogen) atoms. The molecule has 0 aliphatic rings. The average molecular weight is 259 g/mol. The van der Waals surface area contributed by atoms with Crippen LogP contribution < -0.4 is 11.1 Å². The summed E-state index contributed by atoms with van der Waals surface area (Å²) >= 11 is 0. The number of rotatable bonds is 6. The highest BCUT2D eigenvalue weighted by molar-refractivity contribution is 5.96. The molecule has 5 N–H and O–H groups in total. The number of nitrogens with two attached hydrogens (primary N) is 1. The van der Waals surface area contributed by atoms with Crippen LogP contribution in [-0.4, -0.2) is 35.2 Å². The number of alkyl halides is 2. The quantitative estimate of drug-likeness (QED) is 0.259. The van der Waals surface area contributed by atoms with Gasteiger partial charge in [-0.05, 0) is 5.56 Å². The Morgan fingerprint density at radius 3 is 2.44 bits per heavy atom. The van der Waals surface area contributed by atoms with Crippen molar-refractivity contribution in [3.8, 4) is 0 Å². The smallest absolute Gasteiger partial charge is 0.282 e. The zero-order chi connectivity index (χ0) is 13.6. The summed E-state index contributed by atoms with van der Waals surface area (Å²) in [6.07, 6.45) is 0. The predicted octanol–water partition coefficient (Wildman–Crippen LogP) is 0.498. The Kier molecular flexibility index (Phi) is 4.99. The summed E-state index contributed by atoms with van der Waals surface area (Å²) in [4.78, 5) is 0. The summed E-state index contributed by atoms with van der Waals surface area (Å²) < 4.78 is 25.4. The zero-order valence-electron chi connectivity index (χ0n) is 9.61. The highest BCUT2D eigenvalue weighted by Crippen LogP contribution is 2.10. The molecule has 0 spiro atoms. The van der Waals surface area contributed by atoms with E-state index in [0.29, 0.717) is 5.56 Å². The van der Waals surface area contributed by atoms with Crippen molar-refractivity contribution in [3.63, 3.8) is 0 Å². The van der Waals surface area contributed by atoms with Crippen molar-refractivity contribution in [2.75, 3.05) is 13.2 Å². The van der Waals surface area contributed by atoms with Gasteiger partial charge in [0, 0.05) is 12.1 Å². The van der Waals surface area contributed by atoms with E-state index in [9.17, 15) is 8.78 Å². The molecule has 5 nitrogen and oxygen atoms in total. The van der Waals surface area contributed by atoms with E-state index >= 15 is 0 Å². The minimum Gasteiger partial charge on any atom is -0.409 e. The van der Waals surface area contributed by atoms with Gasteiger partial charge in [-0.15, -0.1) is 0 Å². The largest absolute Gasteiger partial charge is 0.409 e. The molecule has 0 amide bonds. The van der Waals surface area contributed by atoms with Crippen LogP contribution in [0.3, 0.4) is 0 Å². The molecule has 0 aliphatic carbocycles. The first-order valence-corrected chi connectivity index (χ1v) is 5.25. The van der Waals surface area contributed by atoms with Gasteiger partial charge in [-0.2, -0.15) is 0 Å². The van der Waals surface area contributed by atoms with Crippen LogP contribution in [-0.2, 0) is 6.54 Å². The average Bonchev–Trinajstić information content (AvgIpc) is 2.38. The summed E-state index contributed by atoms with van der Waals surface area (Å²) in [6, 6.07) is 6.60. The van der Waals surface area contributed by atoms with E-state index in [4.69, 9.17) is 16.0 Å². The SMILES string of the molecule is N/C(=N/O)c1ccc(CNCC(F)(F)CO)cc1. The van der Waals surface area contributed by atoms with Gasteiger partial charge < -0.3 is 21.4 Å². The minimum absolute atomic E-state index is 0.0127. The number of benzene rings is 1. The third kappa shape index (κ3) is 4.27. The molecule has 100 valence electrons. The Hall–Kier alpha value is -1.73. The Labute approximate surface area is 103 Å². The molecule has 0 aliphatic heterocycles. The van der Waals surface area contributed by atoms with E-state index in [2.05, 4.69) is 10.5 Å². The summed E-state index contributed by atoms with van der Waals surface area (Å²) in [6.45, 7) is -1.53. The first-order chi connectivity index (χ1) is 8.48. The number of aliphatic hydroxyl groups is 1. The van der Waals surface area contributed by atoms with Gasteiger partial charge >= 0.3 is 0 Å². The summed E-state index contributed by atoms with van der Waals surface area (Å²) in [5, 5.41) is 22.2. The lowest BCUT2D eigenvalue weighted by molar-refractivity contribution is -0.0477. The second kappa shape index (κ2) is 6.27. The van der Waals surface area contributed by atoms with Crippen molar-refractivity contribution in [2.24, 2.45) is 10.9 Å². The van der Waals surface area contributed by atoms with Gasteiger partial charge in [-0.25, -0.2) is 8.78 Å². The molecule has 0 bridgehead atoms. The van der Waals surface area contributed by atoms with E-state index in [1.165, 1.54) is 0 Å². The lowest BCUT2D eigenvalue weighted by Crippen LogP contribution is -2.35. The number of oxime groups is 1. The van der Waals surface area contributed by atoms with Gasteiger partial charge in [-0.1, -0.05) is 29.4 Å². The number of nitrogens with zero attached hydrogens (tertiary/aromatic N) is 1. The second-order valence-electron chi connectivity index (χ2n) is 3.80. The molecule has 1 aromatic rings. The Morgan fingerprint density at radius 1 is 1.33 bits per heavy atom. The number of aliphatic hydroxyl groups excluding tert-OH is 1. The number of amidine groups is 1. The molecule has 1 aromatic carbocycles. The molecule has 0 radical (unpaired) electrons. The second-order valence-corrected chi connectivity index (χ2v) is 3.80. The Balaban J connectivity index is 2.50. The maximum Gasteiger partial charge on any atom is 0.282 e. The molecule has 0 unspecified atom stereocenters.